The molecule has 146 valence electrons. The van der Waals surface area contributed by atoms with Crippen LogP contribution in [0.1, 0.15) is 6.42 Å². The highest BCUT2D eigenvalue weighted by atomic mass is 16.2. The van der Waals surface area contributed by atoms with E-state index in [0.29, 0.717) is 24.7 Å². The monoisotopic (exact) mass is 385 g/mol. The van der Waals surface area contributed by atoms with Gasteiger partial charge in [0.1, 0.15) is 31.0 Å². The molecule has 1 atom stereocenters. The van der Waals surface area contributed by atoms with Gasteiger partial charge in [-0.15, -0.1) is 0 Å². The molecule has 0 saturated carbocycles. The highest BCUT2D eigenvalue weighted by Crippen LogP contribution is 2.24. The van der Waals surface area contributed by atoms with E-state index in [1.165, 1.54) is 29.3 Å². The first-order valence-corrected chi connectivity index (χ1v) is 8.69. The van der Waals surface area contributed by atoms with E-state index >= 15 is 0 Å². The molecule has 2 aliphatic heterocycles. The van der Waals surface area contributed by atoms with Crippen molar-refractivity contribution in [3.63, 3.8) is 0 Å². The maximum atomic E-state index is 12.5. The maximum absolute atomic E-state index is 12.5. The molecular weight excluding hydrogens is 366 g/mol. The van der Waals surface area contributed by atoms with Crippen LogP contribution in [0.4, 0.5) is 10.6 Å². The molecule has 2 aromatic rings. The molecule has 0 aromatic carbocycles. The van der Waals surface area contributed by atoms with Gasteiger partial charge in [-0.2, -0.15) is 5.10 Å². The van der Waals surface area contributed by atoms with Crippen LogP contribution in [0, 0.1) is 5.92 Å². The Labute approximate surface area is 160 Å². The second kappa shape index (κ2) is 6.87. The summed E-state index contributed by atoms with van der Waals surface area (Å²) in [6.45, 7) is 0.968. The van der Waals surface area contributed by atoms with Gasteiger partial charge >= 0.3 is 6.03 Å². The molecule has 1 unspecified atom stereocenters. The summed E-state index contributed by atoms with van der Waals surface area (Å²) in [4.78, 5) is 53.0. The van der Waals surface area contributed by atoms with Gasteiger partial charge in [0.2, 0.25) is 11.8 Å². The fraction of sp³-hybridized carbons (Fsp3) is 0.438. The molecule has 12 nitrogen and oxygen atoms in total. The number of nitrogens with one attached hydrogen (secondary N) is 1. The Kier molecular flexibility index (Phi) is 4.37. The van der Waals surface area contributed by atoms with Crippen molar-refractivity contribution >= 4 is 23.7 Å². The van der Waals surface area contributed by atoms with Crippen LogP contribution in [0.25, 0.3) is 5.82 Å². The fourth-order valence-corrected chi connectivity index (χ4v) is 3.14. The zero-order valence-corrected chi connectivity index (χ0v) is 15.4. The lowest BCUT2D eigenvalue weighted by molar-refractivity contribution is -0.133. The van der Waals surface area contributed by atoms with Crippen LogP contribution in [0.3, 0.4) is 0 Å². The number of anilines is 1. The van der Waals surface area contributed by atoms with Crippen molar-refractivity contribution in [3.05, 3.63) is 25.0 Å². The number of urea groups is 1. The Morgan fingerprint density at radius 1 is 1.14 bits per heavy atom. The van der Waals surface area contributed by atoms with E-state index in [0.717, 1.165) is 4.90 Å². The number of amides is 4. The zero-order chi connectivity index (χ0) is 19.8. The minimum absolute atomic E-state index is 0.0636. The molecule has 0 radical (unpaired) electrons. The predicted molar refractivity (Wildman–Crippen MR) is 95.1 cm³/mol. The van der Waals surface area contributed by atoms with E-state index in [9.17, 15) is 14.4 Å². The van der Waals surface area contributed by atoms with Crippen molar-refractivity contribution in [2.45, 2.75) is 12.6 Å². The van der Waals surface area contributed by atoms with Crippen molar-refractivity contribution in [2.75, 3.05) is 32.1 Å². The number of carbonyl (C=O) groups excluding carboxylic acids is 3. The van der Waals surface area contributed by atoms with Crippen molar-refractivity contribution in [3.8, 4) is 5.82 Å². The minimum Gasteiger partial charge on any atom is -0.355 e. The number of hydrogen-bond donors (Lipinski definition) is 1. The molecule has 0 spiro atoms. The standard InChI is InChI=1S/C16H19N9O3/c1-22-13(4-14(26)23(2)16(22)28)21-15(27)10-5-24(6-10)11-3-12(19-8-18-11)25-9-17-7-20-25/h3,7-10,13H,4-6H2,1-2H3,(H,21,27). The summed E-state index contributed by atoms with van der Waals surface area (Å²) in [5.41, 5.74) is 0. The van der Waals surface area contributed by atoms with Crippen LogP contribution in [0.15, 0.2) is 25.0 Å². The van der Waals surface area contributed by atoms with Gasteiger partial charge in [-0.05, 0) is 0 Å². The van der Waals surface area contributed by atoms with Crippen LogP contribution in [0.5, 0.6) is 0 Å². The third kappa shape index (κ3) is 3.12. The molecule has 2 aliphatic rings. The number of carbonyl (C=O) groups is 3. The van der Waals surface area contributed by atoms with Gasteiger partial charge in [-0.3, -0.25) is 14.5 Å². The summed E-state index contributed by atoms with van der Waals surface area (Å²) in [7, 11) is 2.99. The molecule has 4 rings (SSSR count). The number of nitrogens with zero attached hydrogens (tertiary/aromatic N) is 8. The van der Waals surface area contributed by atoms with Crippen LogP contribution in [-0.2, 0) is 9.59 Å². The first kappa shape index (κ1) is 17.8. The average Bonchev–Trinajstić information content (AvgIpc) is 3.18. The lowest BCUT2D eigenvalue weighted by Crippen LogP contribution is -2.62. The predicted octanol–water partition coefficient (Wildman–Crippen LogP) is -1.15. The van der Waals surface area contributed by atoms with Crippen molar-refractivity contribution < 1.29 is 14.4 Å². The summed E-state index contributed by atoms with van der Waals surface area (Å²) in [5, 5.41) is 6.83. The minimum atomic E-state index is -0.629. The second-order valence-electron chi connectivity index (χ2n) is 6.75. The van der Waals surface area contributed by atoms with Crippen molar-refractivity contribution in [1.29, 1.82) is 0 Å². The summed E-state index contributed by atoms with van der Waals surface area (Å²) in [6, 6.07) is 1.34. The number of hydrogen-bond acceptors (Lipinski definition) is 8. The Hall–Kier alpha value is -3.57. The molecule has 2 fully saturated rings. The summed E-state index contributed by atoms with van der Waals surface area (Å²) < 4.78 is 1.53. The molecule has 2 aromatic heterocycles. The van der Waals surface area contributed by atoms with E-state index < -0.39 is 12.2 Å². The lowest BCUT2D eigenvalue weighted by Gasteiger charge is -2.41. The van der Waals surface area contributed by atoms with E-state index in [4.69, 9.17) is 0 Å². The highest BCUT2D eigenvalue weighted by Gasteiger charge is 2.39. The van der Waals surface area contributed by atoms with E-state index in [1.807, 2.05) is 4.90 Å². The fourth-order valence-electron chi connectivity index (χ4n) is 3.14. The zero-order valence-electron chi connectivity index (χ0n) is 15.4. The molecule has 12 heteroatoms. The Bertz CT molecular complexity index is 910. The van der Waals surface area contributed by atoms with Gasteiger partial charge in [-0.25, -0.2) is 24.4 Å². The SMILES string of the molecule is CN1C(=O)CC(NC(=O)C2CN(c3cc(-n4cncn4)ncn3)C2)N(C)C1=O. The normalized spacial score (nSPS) is 20.4. The summed E-state index contributed by atoms with van der Waals surface area (Å²) >= 11 is 0. The second-order valence-corrected chi connectivity index (χ2v) is 6.75. The average molecular weight is 385 g/mol. The molecule has 0 aliphatic carbocycles. The summed E-state index contributed by atoms with van der Waals surface area (Å²) in [6.07, 6.45) is 3.83. The van der Waals surface area contributed by atoms with Crippen molar-refractivity contribution in [2.24, 2.45) is 5.92 Å². The topological polar surface area (TPSA) is 129 Å². The molecule has 1 N–H and O–H groups in total. The maximum Gasteiger partial charge on any atom is 0.327 e. The smallest absolute Gasteiger partial charge is 0.327 e. The van der Waals surface area contributed by atoms with Gasteiger partial charge in [0.05, 0.1) is 12.3 Å². The van der Waals surface area contributed by atoms with Gasteiger partial charge in [0.15, 0.2) is 5.82 Å². The molecular formula is C16H19N9O3. The lowest BCUT2D eigenvalue weighted by atomic mass is 9.99. The molecule has 28 heavy (non-hydrogen) atoms. The number of rotatable bonds is 4. The Morgan fingerprint density at radius 2 is 1.89 bits per heavy atom. The first-order valence-electron chi connectivity index (χ1n) is 8.69. The van der Waals surface area contributed by atoms with Crippen LogP contribution < -0.4 is 10.2 Å². The Morgan fingerprint density at radius 3 is 2.61 bits per heavy atom. The van der Waals surface area contributed by atoms with Crippen molar-refractivity contribution in [1.82, 2.24) is 39.8 Å². The molecule has 4 heterocycles. The third-order valence-corrected chi connectivity index (χ3v) is 4.98. The van der Waals surface area contributed by atoms with E-state index in [-0.39, 0.29) is 24.2 Å². The van der Waals surface area contributed by atoms with Gasteiger partial charge in [0, 0.05) is 33.3 Å². The summed E-state index contributed by atoms with van der Waals surface area (Å²) in [5.74, 6) is 0.517. The van der Waals surface area contributed by atoms with Gasteiger partial charge < -0.3 is 15.1 Å². The number of aromatic nitrogens is 5. The highest BCUT2D eigenvalue weighted by molar-refractivity contribution is 5.97. The third-order valence-electron chi connectivity index (χ3n) is 4.98. The van der Waals surface area contributed by atoms with Crippen LogP contribution in [0.2, 0.25) is 0 Å². The van der Waals surface area contributed by atoms with Gasteiger partial charge in [0.25, 0.3) is 0 Å². The van der Waals surface area contributed by atoms with Crippen LogP contribution in [-0.4, -0.2) is 85.7 Å². The Balaban J connectivity index is 1.35. The van der Waals surface area contributed by atoms with Gasteiger partial charge in [-0.1, -0.05) is 0 Å². The quantitative estimate of drug-likeness (QED) is 0.698. The number of imide groups is 1. The van der Waals surface area contributed by atoms with E-state index in [1.54, 1.807) is 19.4 Å². The molecule has 2 saturated heterocycles. The molecule has 0 bridgehead atoms. The largest absolute Gasteiger partial charge is 0.355 e. The van der Waals surface area contributed by atoms with Crippen LogP contribution >= 0.6 is 0 Å². The van der Waals surface area contributed by atoms with E-state index in [2.05, 4.69) is 25.4 Å². The molecule has 4 amide bonds. The first-order chi connectivity index (χ1) is 13.4.